The van der Waals surface area contributed by atoms with Crippen LogP contribution in [0.4, 0.5) is 0 Å². The molecule has 10 nitrogen and oxygen atoms in total. The van der Waals surface area contributed by atoms with Gasteiger partial charge < -0.3 is 18.9 Å². The van der Waals surface area contributed by atoms with Crippen LogP contribution < -0.4 is 18.9 Å². The van der Waals surface area contributed by atoms with Gasteiger partial charge in [0.15, 0.2) is 0 Å². The lowest BCUT2D eigenvalue weighted by atomic mass is 10.2. The van der Waals surface area contributed by atoms with Gasteiger partial charge in [-0.05, 0) is 30.8 Å². The van der Waals surface area contributed by atoms with Gasteiger partial charge in [-0.3, -0.25) is 0 Å². The third-order valence-corrected chi connectivity index (χ3v) is 3.68. The van der Waals surface area contributed by atoms with Gasteiger partial charge in [0, 0.05) is 12.1 Å². The van der Waals surface area contributed by atoms with Crippen molar-refractivity contribution in [3.8, 4) is 23.0 Å². The summed E-state index contributed by atoms with van der Waals surface area (Å²) in [5.74, 6) is -1.03. The predicted molar refractivity (Wildman–Crippen MR) is 101 cm³/mol. The number of ether oxygens (including phenoxy) is 4. The zero-order valence-electron chi connectivity index (χ0n) is 16.8. The molecule has 0 heterocycles. The third-order valence-electron chi connectivity index (χ3n) is 3.68. The van der Waals surface area contributed by atoms with Crippen molar-refractivity contribution in [3.63, 3.8) is 0 Å². The molecule has 0 atom stereocenters. The molecule has 0 N–H and O–H groups in total. The molecule has 30 heavy (non-hydrogen) atoms. The fourth-order valence-electron chi connectivity index (χ4n) is 2.21. The van der Waals surface area contributed by atoms with Gasteiger partial charge in [0.1, 0.15) is 34.1 Å². The number of methoxy groups -OCH3 is 4. The van der Waals surface area contributed by atoms with Crippen molar-refractivity contribution in [1.82, 2.24) is 0 Å². The number of benzene rings is 2. The van der Waals surface area contributed by atoms with Crippen molar-refractivity contribution in [2.45, 2.75) is 0 Å². The minimum Gasteiger partial charge on any atom is -0.497 e. The molecule has 0 bridgehead atoms. The molecule has 0 unspecified atom stereocenters. The van der Waals surface area contributed by atoms with Gasteiger partial charge in [0.05, 0.1) is 28.4 Å². The summed E-state index contributed by atoms with van der Waals surface area (Å²) in [6.07, 6.45) is 0. The number of hydrogen-bond donors (Lipinski definition) is 0. The van der Waals surface area contributed by atoms with E-state index in [2.05, 4.69) is 26.1 Å². The first kappa shape index (κ1) is 22.2. The SMILES string of the molecule is C=C(OOC(=O)c1ccc(OC)cc1OC)OOC(=O)c1ccc(OC)cc1OC. The van der Waals surface area contributed by atoms with E-state index in [0.717, 1.165) is 0 Å². The van der Waals surface area contributed by atoms with E-state index in [4.69, 9.17) is 18.9 Å². The van der Waals surface area contributed by atoms with Gasteiger partial charge in [-0.25, -0.2) is 29.1 Å². The normalized spacial score (nSPS) is 9.73. The second kappa shape index (κ2) is 10.5. The Morgan fingerprint density at radius 3 is 1.37 bits per heavy atom. The van der Waals surface area contributed by atoms with Gasteiger partial charge in [-0.15, -0.1) is 0 Å². The molecule has 0 fully saturated rings. The molecular formula is C20H20O10. The molecule has 0 aliphatic rings. The summed E-state index contributed by atoms with van der Waals surface area (Å²) in [5, 5.41) is 0. The minimum atomic E-state index is -0.901. The Hall–Kier alpha value is -4.08. The molecule has 2 aromatic carbocycles. The Kier molecular flexibility index (Phi) is 7.74. The van der Waals surface area contributed by atoms with Crippen LogP contribution in [0.5, 0.6) is 23.0 Å². The second-order valence-electron chi connectivity index (χ2n) is 5.41. The van der Waals surface area contributed by atoms with Gasteiger partial charge in [-0.2, -0.15) is 0 Å². The molecule has 2 aromatic rings. The lowest BCUT2D eigenvalue weighted by Crippen LogP contribution is -2.11. The lowest BCUT2D eigenvalue weighted by Gasteiger charge is -2.11. The van der Waals surface area contributed by atoms with E-state index in [1.165, 1.54) is 64.8 Å². The molecule has 0 saturated heterocycles. The van der Waals surface area contributed by atoms with Crippen molar-refractivity contribution in [1.29, 1.82) is 0 Å². The fourth-order valence-corrected chi connectivity index (χ4v) is 2.21. The Morgan fingerprint density at radius 2 is 1.03 bits per heavy atom. The van der Waals surface area contributed by atoms with E-state index < -0.39 is 17.9 Å². The Morgan fingerprint density at radius 1 is 0.633 bits per heavy atom. The van der Waals surface area contributed by atoms with Crippen LogP contribution in [-0.4, -0.2) is 40.4 Å². The molecule has 0 amide bonds. The quantitative estimate of drug-likeness (QED) is 0.323. The molecule has 0 radical (unpaired) electrons. The van der Waals surface area contributed by atoms with E-state index in [1.807, 2.05) is 0 Å². The van der Waals surface area contributed by atoms with Gasteiger partial charge in [0.25, 0.3) is 0 Å². The fraction of sp³-hybridized carbons (Fsp3) is 0.200. The highest BCUT2D eigenvalue weighted by molar-refractivity contribution is 5.93. The van der Waals surface area contributed by atoms with E-state index >= 15 is 0 Å². The molecule has 10 heteroatoms. The van der Waals surface area contributed by atoms with Crippen molar-refractivity contribution in [2.75, 3.05) is 28.4 Å². The molecule has 2 rings (SSSR count). The first-order chi connectivity index (χ1) is 14.4. The zero-order chi connectivity index (χ0) is 22.1. The zero-order valence-corrected chi connectivity index (χ0v) is 16.8. The summed E-state index contributed by atoms with van der Waals surface area (Å²) in [6.45, 7) is 3.32. The van der Waals surface area contributed by atoms with E-state index in [-0.39, 0.29) is 22.6 Å². The van der Waals surface area contributed by atoms with Crippen LogP contribution in [0.15, 0.2) is 48.9 Å². The maximum atomic E-state index is 12.1. The van der Waals surface area contributed by atoms with Crippen LogP contribution in [0, 0.1) is 0 Å². The van der Waals surface area contributed by atoms with Crippen LogP contribution in [0.2, 0.25) is 0 Å². The highest BCUT2D eigenvalue weighted by atomic mass is 17.3. The van der Waals surface area contributed by atoms with Crippen LogP contribution in [-0.2, 0) is 19.6 Å². The average Bonchev–Trinajstić information content (AvgIpc) is 2.79. The third kappa shape index (κ3) is 5.47. The predicted octanol–water partition coefficient (Wildman–Crippen LogP) is 3.07. The summed E-state index contributed by atoms with van der Waals surface area (Å²) in [7, 11) is 5.70. The van der Waals surface area contributed by atoms with Crippen LogP contribution in [0.1, 0.15) is 20.7 Å². The average molecular weight is 420 g/mol. The smallest absolute Gasteiger partial charge is 0.390 e. The van der Waals surface area contributed by atoms with Crippen molar-refractivity contribution in [2.24, 2.45) is 0 Å². The number of carbonyl (C=O) groups is 2. The second-order valence-corrected chi connectivity index (χ2v) is 5.41. The van der Waals surface area contributed by atoms with Crippen molar-refractivity contribution < 1.29 is 48.1 Å². The van der Waals surface area contributed by atoms with E-state index in [1.54, 1.807) is 0 Å². The minimum absolute atomic E-state index is 0.0612. The number of carbonyl (C=O) groups excluding carboxylic acids is 2. The Bertz CT molecular complexity index is 848. The van der Waals surface area contributed by atoms with Gasteiger partial charge in [0.2, 0.25) is 0 Å². The first-order valence-electron chi connectivity index (χ1n) is 8.34. The van der Waals surface area contributed by atoms with E-state index in [9.17, 15) is 9.59 Å². The number of hydrogen-bond acceptors (Lipinski definition) is 10. The van der Waals surface area contributed by atoms with Crippen LogP contribution in [0.3, 0.4) is 0 Å². The molecular weight excluding hydrogens is 400 g/mol. The molecule has 0 aliphatic carbocycles. The summed E-state index contributed by atoms with van der Waals surface area (Å²) in [6, 6.07) is 8.90. The summed E-state index contributed by atoms with van der Waals surface area (Å²) >= 11 is 0. The van der Waals surface area contributed by atoms with Crippen molar-refractivity contribution >= 4 is 11.9 Å². The first-order valence-corrected chi connectivity index (χ1v) is 8.34. The highest BCUT2D eigenvalue weighted by Gasteiger charge is 2.19. The van der Waals surface area contributed by atoms with Gasteiger partial charge in [-0.1, -0.05) is 0 Å². The molecule has 0 aliphatic heterocycles. The van der Waals surface area contributed by atoms with Crippen LogP contribution in [0.25, 0.3) is 0 Å². The molecule has 0 aromatic heterocycles. The molecule has 0 saturated carbocycles. The van der Waals surface area contributed by atoms with E-state index in [0.29, 0.717) is 11.5 Å². The highest BCUT2D eigenvalue weighted by Crippen LogP contribution is 2.26. The number of rotatable bonds is 10. The summed E-state index contributed by atoms with van der Waals surface area (Å²) in [5.41, 5.74) is 0.122. The Labute approximate surface area is 172 Å². The monoisotopic (exact) mass is 420 g/mol. The summed E-state index contributed by atoms with van der Waals surface area (Å²) in [4.78, 5) is 42.7. The molecule has 0 spiro atoms. The maximum Gasteiger partial charge on any atom is 0.390 e. The maximum absolute atomic E-state index is 12.1. The van der Waals surface area contributed by atoms with Crippen molar-refractivity contribution in [3.05, 3.63) is 60.0 Å². The Balaban J connectivity index is 1.91. The summed E-state index contributed by atoms with van der Waals surface area (Å²) < 4.78 is 20.3. The topological polar surface area (TPSA) is 108 Å². The lowest BCUT2D eigenvalue weighted by molar-refractivity contribution is -0.317. The standard InChI is InChI=1S/C20H20O10/c1-12(27-29-19(21)15-8-6-13(23-2)10-17(15)25-4)28-30-20(22)16-9-7-14(24-3)11-18(16)26-5/h6-11H,1H2,2-5H3. The largest absolute Gasteiger partial charge is 0.497 e. The van der Waals surface area contributed by atoms with Gasteiger partial charge >= 0.3 is 17.9 Å². The molecule has 160 valence electrons. The van der Waals surface area contributed by atoms with Crippen LogP contribution >= 0.6 is 0 Å².